The molecule has 1 fully saturated rings. The lowest BCUT2D eigenvalue weighted by Gasteiger charge is -2.18. The van der Waals surface area contributed by atoms with Crippen molar-refractivity contribution < 1.29 is 23.5 Å². The Kier molecular flexibility index (Phi) is 4.75. The van der Waals surface area contributed by atoms with Gasteiger partial charge < -0.3 is 14.4 Å². The molecule has 0 saturated carbocycles. The van der Waals surface area contributed by atoms with E-state index in [0.717, 1.165) is 0 Å². The number of ketones is 1. The summed E-state index contributed by atoms with van der Waals surface area (Å²) in [6, 6.07) is 6.34. The van der Waals surface area contributed by atoms with Gasteiger partial charge >= 0.3 is 0 Å². The molecule has 1 unspecified atom stereocenters. The second kappa shape index (κ2) is 7.22. The largest absolute Gasteiger partial charge is 0.479 e. The highest BCUT2D eigenvalue weighted by Crippen LogP contribution is 2.32. The van der Waals surface area contributed by atoms with Gasteiger partial charge in [0, 0.05) is 36.7 Å². The third kappa shape index (κ3) is 3.44. The van der Waals surface area contributed by atoms with E-state index in [1.807, 2.05) is 13.8 Å². The molecule has 7 heteroatoms. The quantitative estimate of drug-likeness (QED) is 0.791. The maximum atomic E-state index is 14.3. The molecule has 2 heterocycles. The smallest absolute Gasteiger partial charge is 0.268 e. The van der Waals surface area contributed by atoms with Gasteiger partial charge in [-0.3, -0.25) is 9.59 Å². The first kappa shape index (κ1) is 18.4. The van der Waals surface area contributed by atoms with E-state index >= 15 is 0 Å². The van der Waals surface area contributed by atoms with Crippen molar-refractivity contribution in [2.24, 2.45) is 0 Å². The summed E-state index contributed by atoms with van der Waals surface area (Å²) in [5.41, 5.74) is 1.24. The number of hydrogen-bond donors (Lipinski definition) is 0. The molecule has 0 N–H and O–H groups in total. The van der Waals surface area contributed by atoms with E-state index in [1.54, 1.807) is 18.2 Å². The van der Waals surface area contributed by atoms with Crippen LogP contribution < -0.4 is 14.4 Å². The average molecular weight is 384 g/mol. The fraction of sp³-hybridized carbons (Fsp3) is 0.381. The number of halogens is 1. The summed E-state index contributed by atoms with van der Waals surface area (Å²) in [7, 11) is 0. The molecule has 146 valence electrons. The molecule has 2 aliphatic rings. The first-order valence-corrected chi connectivity index (χ1v) is 9.38. The third-order valence-corrected chi connectivity index (χ3v) is 4.89. The highest BCUT2D eigenvalue weighted by atomic mass is 19.1. The molecule has 1 aromatic heterocycles. The van der Waals surface area contributed by atoms with Gasteiger partial charge in [-0.25, -0.2) is 9.37 Å². The van der Waals surface area contributed by atoms with Gasteiger partial charge in [0.25, 0.3) is 5.91 Å². The topological polar surface area (TPSA) is 68.7 Å². The van der Waals surface area contributed by atoms with Gasteiger partial charge in [-0.2, -0.15) is 0 Å². The summed E-state index contributed by atoms with van der Waals surface area (Å²) in [6.07, 6.45) is 2.06. The maximum absolute atomic E-state index is 14.3. The van der Waals surface area contributed by atoms with Crippen LogP contribution in [0.2, 0.25) is 0 Å². The fourth-order valence-electron chi connectivity index (χ4n) is 3.59. The number of carbonyl (C=O) groups is 2. The van der Waals surface area contributed by atoms with Crippen molar-refractivity contribution in [3.63, 3.8) is 0 Å². The van der Waals surface area contributed by atoms with Crippen molar-refractivity contribution in [1.29, 1.82) is 0 Å². The SMILES string of the molecule is CC(C)Oc1ccc(OC2CCN(c3cc(F)c4c(c3)C(=O)CC4)C2=O)cn1. The zero-order valence-electron chi connectivity index (χ0n) is 15.8. The van der Waals surface area contributed by atoms with Gasteiger partial charge in [0.15, 0.2) is 11.9 Å². The van der Waals surface area contributed by atoms with Gasteiger partial charge in [-0.15, -0.1) is 0 Å². The van der Waals surface area contributed by atoms with E-state index in [9.17, 15) is 14.0 Å². The second-order valence-electron chi connectivity index (χ2n) is 7.26. The van der Waals surface area contributed by atoms with Crippen LogP contribution in [0.5, 0.6) is 11.6 Å². The predicted octanol–water partition coefficient (Wildman–Crippen LogP) is 3.32. The summed E-state index contributed by atoms with van der Waals surface area (Å²) in [4.78, 5) is 30.4. The Morgan fingerprint density at radius 2 is 2.04 bits per heavy atom. The lowest BCUT2D eigenvalue weighted by Crippen LogP contribution is -2.32. The molecule has 0 radical (unpaired) electrons. The highest BCUT2D eigenvalue weighted by molar-refractivity contribution is 6.04. The Hall–Kier alpha value is -2.96. The summed E-state index contributed by atoms with van der Waals surface area (Å²) < 4.78 is 25.6. The second-order valence-corrected chi connectivity index (χ2v) is 7.26. The molecule has 1 aliphatic carbocycles. The zero-order chi connectivity index (χ0) is 19.8. The number of aromatic nitrogens is 1. The Bertz CT molecular complexity index is 927. The first-order chi connectivity index (χ1) is 13.4. The molecule has 4 rings (SSSR count). The number of rotatable bonds is 5. The summed E-state index contributed by atoms with van der Waals surface area (Å²) in [5.74, 6) is 0.185. The predicted molar refractivity (Wildman–Crippen MR) is 100 cm³/mol. The number of Topliss-reactive ketones (excluding diaryl/α,β-unsaturated/α-hetero) is 1. The lowest BCUT2D eigenvalue weighted by atomic mass is 10.1. The molecule has 1 saturated heterocycles. The van der Waals surface area contributed by atoms with Crippen LogP contribution in [-0.2, 0) is 11.2 Å². The van der Waals surface area contributed by atoms with Crippen LogP contribution in [0.4, 0.5) is 10.1 Å². The highest BCUT2D eigenvalue weighted by Gasteiger charge is 2.36. The Balaban J connectivity index is 1.48. The Morgan fingerprint density at radius 1 is 1.21 bits per heavy atom. The van der Waals surface area contributed by atoms with E-state index in [1.165, 1.54) is 17.2 Å². The standard InChI is InChI=1S/C21H21FN2O4/c1-12(2)27-20-6-3-14(11-23-20)28-19-7-8-24(21(19)26)13-9-16-15(17(22)10-13)4-5-18(16)25/h3,6,9-12,19H,4-5,7-8H2,1-2H3. The molecular weight excluding hydrogens is 363 g/mol. The molecule has 1 amide bonds. The van der Waals surface area contributed by atoms with E-state index in [4.69, 9.17) is 9.47 Å². The monoisotopic (exact) mass is 384 g/mol. The van der Waals surface area contributed by atoms with Crippen molar-refractivity contribution >= 4 is 17.4 Å². The average Bonchev–Trinajstić information content (AvgIpc) is 3.20. The van der Waals surface area contributed by atoms with E-state index in [0.29, 0.717) is 54.3 Å². The molecule has 1 aromatic carbocycles. The van der Waals surface area contributed by atoms with Crippen molar-refractivity contribution in [1.82, 2.24) is 4.98 Å². The number of carbonyl (C=O) groups excluding carboxylic acids is 2. The van der Waals surface area contributed by atoms with Crippen molar-refractivity contribution in [3.8, 4) is 11.6 Å². The number of benzene rings is 1. The molecule has 0 spiro atoms. The third-order valence-electron chi connectivity index (χ3n) is 4.89. The number of fused-ring (bicyclic) bond motifs is 1. The van der Waals surface area contributed by atoms with Crippen molar-refractivity contribution in [3.05, 3.63) is 47.4 Å². The minimum atomic E-state index is -0.675. The molecule has 28 heavy (non-hydrogen) atoms. The van der Waals surface area contributed by atoms with Crippen LogP contribution in [0.3, 0.4) is 0 Å². The molecule has 2 aromatic rings. The lowest BCUT2D eigenvalue weighted by molar-refractivity contribution is -0.122. The van der Waals surface area contributed by atoms with Gasteiger partial charge in [-0.1, -0.05) is 0 Å². The number of anilines is 1. The molecular formula is C21H21FN2O4. The molecule has 0 bridgehead atoms. The fourth-order valence-corrected chi connectivity index (χ4v) is 3.59. The summed E-state index contributed by atoms with van der Waals surface area (Å²) >= 11 is 0. The van der Waals surface area contributed by atoms with Crippen LogP contribution in [0.1, 0.15) is 42.6 Å². The van der Waals surface area contributed by atoms with E-state index in [2.05, 4.69) is 4.98 Å². The number of ether oxygens (including phenoxy) is 2. The van der Waals surface area contributed by atoms with Crippen LogP contribution in [-0.4, -0.2) is 35.4 Å². The summed E-state index contributed by atoms with van der Waals surface area (Å²) in [6.45, 7) is 4.22. The minimum Gasteiger partial charge on any atom is -0.479 e. The van der Waals surface area contributed by atoms with Crippen LogP contribution >= 0.6 is 0 Å². The number of hydrogen-bond acceptors (Lipinski definition) is 5. The van der Waals surface area contributed by atoms with Crippen LogP contribution in [0.15, 0.2) is 30.5 Å². The number of amides is 1. The van der Waals surface area contributed by atoms with E-state index < -0.39 is 11.9 Å². The molecule has 1 aliphatic heterocycles. The van der Waals surface area contributed by atoms with E-state index in [-0.39, 0.29) is 17.8 Å². The number of nitrogens with zero attached hydrogens (tertiary/aromatic N) is 2. The van der Waals surface area contributed by atoms with Gasteiger partial charge in [0.1, 0.15) is 11.6 Å². The normalized spacial score (nSPS) is 18.7. The Labute approximate surface area is 162 Å². The molecule has 1 atom stereocenters. The van der Waals surface area contributed by atoms with Gasteiger partial charge in [0.05, 0.1) is 12.3 Å². The molecule has 6 nitrogen and oxygen atoms in total. The van der Waals surface area contributed by atoms with Crippen molar-refractivity contribution in [2.45, 2.75) is 45.3 Å². The van der Waals surface area contributed by atoms with Crippen molar-refractivity contribution in [2.75, 3.05) is 11.4 Å². The first-order valence-electron chi connectivity index (χ1n) is 9.38. The van der Waals surface area contributed by atoms with Crippen LogP contribution in [0.25, 0.3) is 0 Å². The Morgan fingerprint density at radius 3 is 2.75 bits per heavy atom. The van der Waals surface area contributed by atoms with Gasteiger partial charge in [-0.05, 0) is 44.0 Å². The minimum absolute atomic E-state index is 0.0174. The zero-order valence-corrected chi connectivity index (χ0v) is 15.8. The van der Waals surface area contributed by atoms with Crippen LogP contribution in [0, 0.1) is 5.82 Å². The van der Waals surface area contributed by atoms with Gasteiger partial charge in [0.2, 0.25) is 5.88 Å². The summed E-state index contributed by atoms with van der Waals surface area (Å²) in [5, 5.41) is 0. The number of pyridine rings is 1. The maximum Gasteiger partial charge on any atom is 0.268 e.